The number of fused-ring (bicyclic) bond motifs is 2. The first-order valence-electron chi connectivity index (χ1n) is 12.4. The van der Waals surface area contributed by atoms with Gasteiger partial charge in [0, 0.05) is 29.2 Å². The highest BCUT2D eigenvalue weighted by molar-refractivity contribution is 5.92. The predicted molar refractivity (Wildman–Crippen MR) is 139 cm³/mol. The third-order valence-electron chi connectivity index (χ3n) is 7.29. The molecule has 0 radical (unpaired) electrons. The molecule has 1 amide bonds. The number of H-pyrrole nitrogens is 1. The molecule has 1 saturated heterocycles. The van der Waals surface area contributed by atoms with Crippen LogP contribution in [0.4, 0.5) is 0 Å². The number of benzene rings is 1. The third-order valence-corrected chi connectivity index (χ3v) is 7.29. The summed E-state index contributed by atoms with van der Waals surface area (Å²) in [7, 11) is 1.71. The van der Waals surface area contributed by atoms with Crippen molar-refractivity contribution < 1.29 is 4.79 Å². The Kier molecular flexibility index (Phi) is 5.94. The molecule has 3 aromatic heterocycles. The van der Waals surface area contributed by atoms with Crippen molar-refractivity contribution in [2.24, 2.45) is 0 Å². The molecule has 34 heavy (non-hydrogen) atoms. The molecular formula is C28H35N5O. The fraction of sp³-hybridized carbons (Fsp3) is 0.429. The summed E-state index contributed by atoms with van der Waals surface area (Å²) in [5, 5.41) is 8.68. The molecule has 1 fully saturated rings. The molecule has 0 aliphatic carbocycles. The normalized spacial score (nSPS) is 15.6. The Morgan fingerprint density at radius 2 is 1.91 bits per heavy atom. The smallest absolute Gasteiger partial charge is 0.233 e. The molecule has 6 heteroatoms. The van der Waals surface area contributed by atoms with Crippen LogP contribution in [-0.2, 0) is 4.79 Å². The molecule has 4 aromatic rings. The van der Waals surface area contributed by atoms with Crippen LogP contribution in [0.25, 0.3) is 27.7 Å². The molecule has 6 nitrogen and oxygen atoms in total. The minimum Gasteiger partial charge on any atom is -0.358 e. The maximum absolute atomic E-state index is 11.7. The number of aromatic amines is 1. The summed E-state index contributed by atoms with van der Waals surface area (Å²) in [6.07, 6.45) is 2.18. The van der Waals surface area contributed by atoms with E-state index in [0.29, 0.717) is 18.4 Å². The number of carbonyl (C=O) groups excluding carboxylic acids is 1. The maximum atomic E-state index is 11.7. The Bertz CT molecular complexity index is 1350. The predicted octanol–water partition coefficient (Wildman–Crippen LogP) is 5.15. The Hall–Kier alpha value is -3.12. The molecule has 5 rings (SSSR count). The van der Waals surface area contributed by atoms with E-state index in [2.05, 4.69) is 77.5 Å². The number of carbonyl (C=O) groups is 1. The first kappa shape index (κ1) is 22.7. The van der Waals surface area contributed by atoms with Gasteiger partial charge in [0.05, 0.1) is 23.4 Å². The van der Waals surface area contributed by atoms with Crippen LogP contribution in [-0.4, -0.2) is 52.1 Å². The molecule has 2 N–H and O–H groups in total. The van der Waals surface area contributed by atoms with E-state index in [0.717, 1.165) is 42.8 Å². The highest BCUT2D eigenvalue weighted by Crippen LogP contribution is 2.38. The average molecular weight is 458 g/mol. The Morgan fingerprint density at radius 3 is 2.62 bits per heavy atom. The summed E-state index contributed by atoms with van der Waals surface area (Å²) in [5.74, 6) is 1.04. The van der Waals surface area contributed by atoms with Crippen LogP contribution in [0.3, 0.4) is 0 Å². The van der Waals surface area contributed by atoms with Crippen LogP contribution in [0.1, 0.15) is 61.0 Å². The van der Waals surface area contributed by atoms with Crippen molar-refractivity contribution in [1.82, 2.24) is 24.8 Å². The van der Waals surface area contributed by atoms with E-state index < -0.39 is 0 Å². The summed E-state index contributed by atoms with van der Waals surface area (Å²) >= 11 is 0. The number of rotatable bonds is 5. The van der Waals surface area contributed by atoms with Crippen LogP contribution >= 0.6 is 0 Å². The van der Waals surface area contributed by atoms with E-state index in [4.69, 9.17) is 0 Å². The molecule has 1 aliphatic heterocycles. The number of piperidine rings is 1. The van der Waals surface area contributed by atoms with Crippen LogP contribution in [0, 0.1) is 13.8 Å². The van der Waals surface area contributed by atoms with Crippen molar-refractivity contribution in [3.63, 3.8) is 0 Å². The summed E-state index contributed by atoms with van der Waals surface area (Å²) in [5.41, 5.74) is 9.73. The number of likely N-dealkylation sites (tertiary alicyclic amines) is 1. The van der Waals surface area contributed by atoms with Crippen molar-refractivity contribution in [2.45, 2.75) is 52.4 Å². The van der Waals surface area contributed by atoms with Crippen LogP contribution in [0.2, 0.25) is 0 Å². The quantitative estimate of drug-likeness (QED) is 0.436. The molecule has 0 saturated carbocycles. The van der Waals surface area contributed by atoms with E-state index in [1.54, 1.807) is 7.05 Å². The molecular weight excluding hydrogens is 422 g/mol. The van der Waals surface area contributed by atoms with E-state index in [-0.39, 0.29) is 5.91 Å². The van der Waals surface area contributed by atoms with Gasteiger partial charge in [-0.15, -0.1) is 0 Å². The summed E-state index contributed by atoms with van der Waals surface area (Å²) in [6, 6.07) is 13.6. The topological polar surface area (TPSA) is 65.4 Å². The number of aromatic nitrogens is 3. The fourth-order valence-electron chi connectivity index (χ4n) is 5.55. The Morgan fingerprint density at radius 1 is 1.15 bits per heavy atom. The van der Waals surface area contributed by atoms with Gasteiger partial charge in [-0.2, -0.15) is 5.10 Å². The summed E-state index contributed by atoms with van der Waals surface area (Å²) in [6.45, 7) is 11.2. The van der Waals surface area contributed by atoms with Gasteiger partial charge >= 0.3 is 0 Å². The molecule has 0 atom stereocenters. The first-order valence-corrected chi connectivity index (χ1v) is 12.4. The molecule has 4 heterocycles. The molecule has 178 valence electrons. The summed E-state index contributed by atoms with van der Waals surface area (Å²) < 4.78 is 2.02. The second-order valence-electron chi connectivity index (χ2n) is 10.1. The van der Waals surface area contributed by atoms with Crippen LogP contribution < -0.4 is 5.32 Å². The molecule has 0 bridgehead atoms. The number of likely N-dealkylation sites (N-methyl/N-ethyl adjacent to an activating group) is 1. The summed E-state index contributed by atoms with van der Waals surface area (Å²) in [4.78, 5) is 17.7. The van der Waals surface area contributed by atoms with Gasteiger partial charge in [-0.25, -0.2) is 4.52 Å². The zero-order valence-electron chi connectivity index (χ0n) is 20.9. The van der Waals surface area contributed by atoms with Gasteiger partial charge in [0.1, 0.15) is 0 Å². The van der Waals surface area contributed by atoms with Gasteiger partial charge in [-0.3, -0.25) is 9.69 Å². The molecule has 0 spiro atoms. The third kappa shape index (κ3) is 4.11. The minimum atomic E-state index is 0.0980. The lowest BCUT2D eigenvalue weighted by atomic mass is 9.87. The number of pyridine rings is 1. The van der Waals surface area contributed by atoms with Crippen molar-refractivity contribution in [1.29, 1.82) is 0 Å². The molecule has 1 aliphatic rings. The number of amides is 1. The number of hydrogen-bond donors (Lipinski definition) is 2. The van der Waals surface area contributed by atoms with Crippen molar-refractivity contribution >= 4 is 22.3 Å². The lowest BCUT2D eigenvalue weighted by molar-refractivity contribution is -0.122. The van der Waals surface area contributed by atoms with Crippen molar-refractivity contribution in [3.8, 4) is 11.3 Å². The average Bonchev–Trinajstić information content (AvgIpc) is 3.39. The monoisotopic (exact) mass is 457 g/mol. The lowest BCUT2D eigenvalue weighted by Gasteiger charge is -2.31. The highest BCUT2D eigenvalue weighted by Gasteiger charge is 2.24. The van der Waals surface area contributed by atoms with Crippen molar-refractivity contribution in [2.75, 3.05) is 26.7 Å². The van der Waals surface area contributed by atoms with Crippen molar-refractivity contribution in [3.05, 3.63) is 58.9 Å². The number of nitrogens with zero attached hydrogens (tertiary/aromatic N) is 3. The number of hydrogen-bond acceptors (Lipinski definition) is 3. The van der Waals surface area contributed by atoms with E-state index >= 15 is 0 Å². The van der Waals surface area contributed by atoms with E-state index in [1.807, 2.05) is 11.4 Å². The first-order chi connectivity index (χ1) is 16.3. The maximum Gasteiger partial charge on any atom is 0.233 e. The molecule has 0 unspecified atom stereocenters. The molecule has 1 aromatic carbocycles. The second-order valence-corrected chi connectivity index (χ2v) is 10.1. The van der Waals surface area contributed by atoms with Gasteiger partial charge in [-0.1, -0.05) is 19.9 Å². The minimum absolute atomic E-state index is 0.0980. The lowest BCUT2D eigenvalue weighted by Crippen LogP contribution is -2.40. The zero-order chi connectivity index (χ0) is 24.0. The Balaban J connectivity index is 1.49. The van der Waals surface area contributed by atoms with Gasteiger partial charge < -0.3 is 10.3 Å². The standard InChI is InChI=1S/C28H35N5O/c1-17(2)27-24-15-21(20-8-10-32(11-9-20)16-26(34)29-5)6-7-25(24)30-28(27)22-13-19(4)33-23(14-22)12-18(3)31-33/h6-7,12-15,17,20,30H,8-11,16H2,1-5H3,(H,29,34). The second kappa shape index (κ2) is 8.91. The van der Waals surface area contributed by atoms with Gasteiger partial charge in [-0.05, 0) is 93.1 Å². The Labute approximate surface area is 201 Å². The van der Waals surface area contributed by atoms with Gasteiger partial charge in [0.2, 0.25) is 5.91 Å². The SMILES string of the molecule is CNC(=O)CN1CCC(c2ccc3[nH]c(-c4cc(C)n5nc(C)cc5c4)c(C(C)C)c3c2)CC1. The highest BCUT2D eigenvalue weighted by atomic mass is 16.1. The van der Waals surface area contributed by atoms with Crippen LogP contribution in [0.15, 0.2) is 36.4 Å². The van der Waals surface area contributed by atoms with E-state index in [1.165, 1.54) is 33.3 Å². The number of aryl methyl sites for hydroxylation is 2. The van der Waals surface area contributed by atoms with Gasteiger partial charge in [0.25, 0.3) is 0 Å². The largest absolute Gasteiger partial charge is 0.358 e. The van der Waals surface area contributed by atoms with E-state index in [9.17, 15) is 4.79 Å². The van der Waals surface area contributed by atoms with Crippen LogP contribution in [0.5, 0.6) is 0 Å². The fourth-order valence-corrected chi connectivity index (χ4v) is 5.55. The van der Waals surface area contributed by atoms with Gasteiger partial charge in [0.15, 0.2) is 0 Å². The zero-order valence-corrected chi connectivity index (χ0v) is 20.9. The number of nitrogens with one attached hydrogen (secondary N) is 2.